The third-order valence-electron chi connectivity index (χ3n) is 4.03. The van der Waals surface area contributed by atoms with Gasteiger partial charge in [-0.3, -0.25) is 9.69 Å². The van der Waals surface area contributed by atoms with Crippen LogP contribution in [0.15, 0.2) is 71.1 Å². The predicted octanol–water partition coefficient (Wildman–Crippen LogP) is 5.18. The molecule has 0 atom stereocenters. The van der Waals surface area contributed by atoms with E-state index in [0.29, 0.717) is 23.2 Å². The molecule has 0 radical (unpaired) electrons. The van der Waals surface area contributed by atoms with Crippen molar-refractivity contribution in [3.63, 3.8) is 0 Å². The van der Waals surface area contributed by atoms with E-state index in [1.54, 1.807) is 11.0 Å². The Morgan fingerprint density at radius 2 is 1.93 bits per heavy atom. The number of amides is 1. The summed E-state index contributed by atoms with van der Waals surface area (Å²) in [6.07, 6.45) is 3.57. The number of thioether (sulfide) groups is 1. The van der Waals surface area contributed by atoms with E-state index in [1.165, 1.54) is 17.3 Å². The molecule has 1 amide bonds. The highest BCUT2D eigenvalue weighted by molar-refractivity contribution is 8.18. The molecule has 2 aromatic rings. The second-order valence-electron chi connectivity index (χ2n) is 6.03. The Morgan fingerprint density at radius 1 is 1.19 bits per heavy atom. The molecule has 4 nitrogen and oxygen atoms in total. The lowest BCUT2D eigenvalue weighted by atomic mass is 10.2. The Balaban J connectivity index is 1.91. The molecule has 0 unspecified atom stereocenters. The zero-order valence-electron chi connectivity index (χ0n) is 15.5. The third-order valence-corrected chi connectivity index (χ3v) is 5.03. The quantitative estimate of drug-likeness (QED) is 0.513. The number of hydrogen-bond acceptors (Lipinski definition) is 4. The van der Waals surface area contributed by atoms with Crippen molar-refractivity contribution in [2.45, 2.75) is 13.8 Å². The molecule has 1 aliphatic heterocycles. The van der Waals surface area contributed by atoms with Gasteiger partial charge in [0.1, 0.15) is 12.4 Å². The Morgan fingerprint density at radius 3 is 2.63 bits per heavy atom. The van der Waals surface area contributed by atoms with Crippen LogP contribution in [0, 0.1) is 6.92 Å². The fourth-order valence-electron chi connectivity index (χ4n) is 2.62. The minimum atomic E-state index is -0.0353. The summed E-state index contributed by atoms with van der Waals surface area (Å²) in [5, 5.41) is 0.696. The van der Waals surface area contributed by atoms with Gasteiger partial charge >= 0.3 is 0 Å². The molecule has 0 bridgehead atoms. The van der Waals surface area contributed by atoms with E-state index >= 15 is 0 Å². The van der Waals surface area contributed by atoms with Gasteiger partial charge in [0.25, 0.3) is 5.91 Å². The predicted molar refractivity (Wildman–Crippen MR) is 113 cm³/mol. The molecule has 0 spiro atoms. The number of carbonyl (C=O) groups is 1. The molecule has 0 N–H and O–H groups in total. The van der Waals surface area contributed by atoms with Gasteiger partial charge in [-0.1, -0.05) is 48.6 Å². The van der Waals surface area contributed by atoms with Gasteiger partial charge in [0.05, 0.1) is 10.6 Å². The highest BCUT2D eigenvalue weighted by Crippen LogP contribution is 2.35. The number of para-hydroxylation sites is 1. The summed E-state index contributed by atoms with van der Waals surface area (Å²) in [6.45, 7) is 8.66. The largest absolute Gasteiger partial charge is 0.489 e. The van der Waals surface area contributed by atoms with Crippen LogP contribution >= 0.6 is 11.8 Å². The molecule has 0 saturated carbocycles. The van der Waals surface area contributed by atoms with Crippen LogP contribution in [0.2, 0.25) is 0 Å². The van der Waals surface area contributed by atoms with Crippen LogP contribution < -0.4 is 4.74 Å². The van der Waals surface area contributed by atoms with Crippen LogP contribution in [0.1, 0.15) is 18.1 Å². The highest BCUT2D eigenvalue weighted by atomic mass is 32.2. The summed E-state index contributed by atoms with van der Waals surface area (Å²) in [6, 6.07) is 15.6. The van der Waals surface area contributed by atoms with E-state index in [1.807, 2.05) is 68.5 Å². The summed E-state index contributed by atoms with van der Waals surface area (Å²) < 4.78 is 5.69. The normalized spacial score (nSPS) is 17.0. The van der Waals surface area contributed by atoms with Gasteiger partial charge in [0, 0.05) is 12.1 Å². The van der Waals surface area contributed by atoms with E-state index in [9.17, 15) is 4.79 Å². The van der Waals surface area contributed by atoms with Gasteiger partial charge in [-0.05, 0) is 49.9 Å². The number of carbonyl (C=O) groups excluding carboxylic acids is 1. The van der Waals surface area contributed by atoms with Gasteiger partial charge in [-0.15, -0.1) is 0 Å². The van der Waals surface area contributed by atoms with E-state index in [2.05, 4.69) is 11.6 Å². The molecule has 1 heterocycles. The Labute approximate surface area is 164 Å². The lowest BCUT2D eigenvalue weighted by molar-refractivity contribution is -0.122. The van der Waals surface area contributed by atoms with Crippen molar-refractivity contribution < 1.29 is 9.53 Å². The molecule has 1 saturated heterocycles. The van der Waals surface area contributed by atoms with Crippen LogP contribution in [-0.2, 0) is 4.79 Å². The molecule has 5 heteroatoms. The smallest absolute Gasteiger partial charge is 0.266 e. The Hall–Kier alpha value is -2.79. The maximum atomic E-state index is 12.8. The number of aryl methyl sites for hydroxylation is 1. The van der Waals surface area contributed by atoms with Crippen LogP contribution in [0.4, 0.5) is 5.69 Å². The van der Waals surface area contributed by atoms with Gasteiger partial charge in [0.15, 0.2) is 5.17 Å². The summed E-state index contributed by atoms with van der Waals surface area (Å²) in [4.78, 5) is 19.8. The summed E-state index contributed by atoms with van der Waals surface area (Å²) in [7, 11) is 0. The second kappa shape index (κ2) is 8.73. The van der Waals surface area contributed by atoms with Crippen LogP contribution in [-0.4, -0.2) is 29.1 Å². The second-order valence-corrected chi connectivity index (χ2v) is 7.04. The number of amidine groups is 1. The topological polar surface area (TPSA) is 41.9 Å². The minimum Gasteiger partial charge on any atom is -0.489 e. The maximum Gasteiger partial charge on any atom is 0.266 e. The third kappa shape index (κ3) is 4.49. The number of hydrogen-bond donors (Lipinski definition) is 0. The molecule has 3 rings (SSSR count). The average Bonchev–Trinajstić information content (AvgIpc) is 2.97. The highest BCUT2D eigenvalue weighted by Gasteiger charge is 2.32. The van der Waals surface area contributed by atoms with Crippen molar-refractivity contribution in [1.82, 2.24) is 4.90 Å². The number of rotatable bonds is 6. The molecule has 0 aromatic heterocycles. The van der Waals surface area contributed by atoms with Crippen LogP contribution in [0.25, 0.3) is 6.08 Å². The number of nitrogens with zero attached hydrogens (tertiary/aromatic N) is 2. The molecular formula is C22H22N2O2S. The fourth-order valence-corrected chi connectivity index (χ4v) is 3.67. The monoisotopic (exact) mass is 378 g/mol. The molecule has 138 valence electrons. The average molecular weight is 378 g/mol. The van der Waals surface area contributed by atoms with E-state index in [-0.39, 0.29) is 5.91 Å². The first kappa shape index (κ1) is 19.0. The van der Waals surface area contributed by atoms with Crippen molar-refractivity contribution in [3.05, 3.63) is 77.2 Å². The fraction of sp³-hybridized carbons (Fsp3) is 0.182. The van der Waals surface area contributed by atoms with Crippen LogP contribution in [0.5, 0.6) is 5.75 Å². The van der Waals surface area contributed by atoms with Crippen molar-refractivity contribution >= 4 is 34.6 Å². The van der Waals surface area contributed by atoms with Gasteiger partial charge in [-0.2, -0.15) is 0 Å². The first-order chi connectivity index (χ1) is 13.1. The number of benzene rings is 2. The van der Waals surface area contributed by atoms with Crippen molar-refractivity contribution in [2.75, 3.05) is 13.2 Å². The molecule has 1 aliphatic rings. The standard InChI is InChI=1S/C22H22N2O2S/c1-4-14-26-19-9-7-6-8-17(19)15-20-21(25)24(5-2)22(27-20)23-18-12-10-16(3)11-13-18/h4,6-13,15H,1,5,14H2,2-3H3/b20-15+,23-22?. The van der Waals surface area contributed by atoms with E-state index < -0.39 is 0 Å². The first-order valence-electron chi connectivity index (χ1n) is 8.82. The number of likely N-dealkylation sites (N-methyl/N-ethyl adjacent to an activating group) is 1. The zero-order valence-corrected chi connectivity index (χ0v) is 16.3. The Kier molecular flexibility index (Phi) is 6.14. The summed E-state index contributed by atoms with van der Waals surface area (Å²) >= 11 is 1.39. The lowest BCUT2D eigenvalue weighted by Gasteiger charge is -2.12. The molecule has 0 aliphatic carbocycles. The summed E-state index contributed by atoms with van der Waals surface area (Å²) in [5.41, 5.74) is 2.88. The van der Waals surface area contributed by atoms with Gasteiger partial charge in [-0.25, -0.2) is 4.99 Å². The minimum absolute atomic E-state index is 0.0353. The number of aliphatic imine (C=N–C) groups is 1. The van der Waals surface area contributed by atoms with Gasteiger partial charge < -0.3 is 4.74 Å². The van der Waals surface area contributed by atoms with Crippen molar-refractivity contribution in [1.29, 1.82) is 0 Å². The van der Waals surface area contributed by atoms with E-state index in [0.717, 1.165) is 17.0 Å². The summed E-state index contributed by atoms with van der Waals surface area (Å²) in [5.74, 6) is 0.692. The van der Waals surface area contributed by atoms with E-state index in [4.69, 9.17) is 4.74 Å². The van der Waals surface area contributed by atoms with Crippen LogP contribution in [0.3, 0.4) is 0 Å². The SMILES string of the molecule is C=CCOc1ccccc1/C=C1/SC(=Nc2ccc(C)cc2)N(CC)C1=O. The zero-order chi connectivity index (χ0) is 19.2. The number of ether oxygens (including phenoxy) is 1. The molecule has 1 fully saturated rings. The lowest BCUT2D eigenvalue weighted by Crippen LogP contribution is -2.28. The molecule has 27 heavy (non-hydrogen) atoms. The maximum absolute atomic E-state index is 12.8. The van der Waals surface area contributed by atoms with Gasteiger partial charge in [0.2, 0.25) is 0 Å². The molecular weight excluding hydrogens is 356 g/mol. The van der Waals surface area contributed by atoms with Crippen molar-refractivity contribution in [3.8, 4) is 5.75 Å². The molecule has 2 aromatic carbocycles. The van der Waals surface area contributed by atoms with Crippen molar-refractivity contribution in [2.24, 2.45) is 4.99 Å². The first-order valence-corrected chi connectivity index (χ1v) is 9.63. The Bertz CT molecular complexity index is 901.